The van der Waals surface area contributed by atoms with Crippen LogP contribution >= 0.6 is 11.3 Å². The number of hydrogen-bond acceptors (Lipinski definition) is 2. The molecule has 0 fully saturated rings. The summed E-state index contributed by atoms with van der Waals surface area (Å²) in [5.74, 6) is 0. The maximum atomic E-state index is 10.7. The van der Waals surface area contributed by atoms with Crippen molar-refractivity contribution in [3.8, 4) is 0 Å². The van der Waals surface area contributed by atoms with Crippen LogP contribution in [0.25, 0.3) is 0 Å². The zero-order chi connectivity index (χ0) is 9.19. The van der Waals surface area contributed by atoms with Gasteiger partial charge in [0.15, 0.2) is 0 Å². The summed E-state index contributed by atoms with van der Waals surface area (Å²) in [5.41, 5.74) is 2.39. The molecule has 0 bridgehead atoms. The van der Waals surface area contributed by atoms with Gasteiger partial charge in [0, 0.05) is 5.41 Å². The van der Waals surface area contributed by atoms with Crippen LogP contribution < -0.4 is 0 Å². The summed E-state index contributed by atoms with van der Waals surface area (Å²) in [6.45, 7) is 6.03. The third kappa shape index (κ3) is 2.18. The second-order valence-electron chi connectivity index (χ2n) is 3.86. The summed E-state index contributed by atoms with van der Waals surface area (Å²) in [7, 11) is 0. The summed E-state index contributed by atoms with van der Waals surface area (Å²) >= 11 is 1.70. The minimum atomic E-state index is -0.216. The Labute approximate surface area is 77.4 Å². The van der Waals surface area contributed by atoms with Gasteiger partial charge in [0.1, 0.15) is 6.29 Å². The number of hydrogen-bond donors (Lipinski definition) is 0. The number of rotatable bonds is 3. The molecule has 0 atom stereocenters. The van der Waals surface area contributed by atoms with Crippen molar-refractivity contribution < 1.29 is 4.79 Å². The highest BCUT2D eigenvalue weighted by Gasteiger charge is 2.18. The highest BCUT2D eigenvalue weighted by atomic mass is 32.1. The van der Waals surface area contributed by atoms with Crippen molar-refractivity contribution in [1.29, 1.82) is 0 Å². The average molecular weight is 182 g/mol. The SMILES string of the molecule is Cc1cscc1CC(C)(C)C=O. The number of carbonyl (C=O) groups is 1. The first-order valence-corrected chi connectivity index (χ1v) is 4.97. The zero-order valence-corrected chi connectivity index (χ0v) is 8.57. The van der Waals surface area contributed by atoms with E-state index in [1.54, 1.807) is 11.3 Å². The van der Waals surface area contributed by atoms with Crippen molar-refractivity contribution in [2.24, 2.45) is 5.41 Å². The van der Waals surface area contributed by atoms with E-state index >= 15 is 0 Å². The van der Waals surface area contributed by atoms with Crippen LogP contribution in [-0.2, 0) is 11.2 Å². The summed E-state index contributed by atoms with van der Waals surface area (Å²) in [6.07, 6.45) is 1.88. The number of carbonyl (C=O) groups excluding carboxylic acids is 1. The Balaban J connectivity index is 2.76. The van der Waals surface area contributed by atoms with Gasteiger partial charge >= 0.3 is 0 Å². The fourth-order valence-corrected chi connectivity index (χ4v) is 1.96. The van der Waals surface area contributed by atoms with Crippen molar-refractivity contribution in [3.63, 3.8) is 0 Å². The lowest BCUT2D eigenvalue weighted by Gasteiger charge is -2.15. The van der Waals surface area contributed by atoms with Crippen LogP contribution in [0.3, 0.4) is 0 Å². The number of aldehydes is 1. The summed E-state index contributed by atoms with van der Waals surface area (Å²) in [5, 5.41) is 4.25. The zero-order valence-electron chi connectivity index (χ0n) is 7.76. The topological polar surface area (TPSA) is 17.1 Å². The highest BCUT2D eigenvalue weighted by molar-refractivity contribution is 7.08. The quantitative estimate of drug-likeness (QED) is 0.657. The Bertz CT molecular complexity index is 273. The molecule has 0 N–H and O–H groups in total. The molecule has 0 amide bonds. The fourth-order valence-electron chi connectivity index (χ4n) is 1.10. The van der Waals surface area contributed by atoms with Gasteiger partial charge in [-0.3, -0.25) is 0 Å². The first kappa shape index (κ1) is 9.46. The van der Waals surface area contributed by atoms with Gasteiger partial charge in [-0.25, -0.2) is 0 Å². The van der Waals surface area contributed by atoms with E-state index in [1.807, 2.05) is 13.8 Å². The van der Waals surface area contributed by atoms with E-state index in [2.05, 4.69) is 17.7 Å². The molecule has 0 aromatic carbocycles. The minimum Gasteiger partial charge on any atom is -0.303 e. The van der Waals surface area contributed by atoms with Gasteiger partial charge < -0.3 is 4.79 Å². The van der Waals surface area contributed by atoms with Crippen molar-refractivity contribution >= 4 is 17.6 Å². The summed E-state index contributed by atoms with van der Waals surface area (Å²) in [6, 6.07) is 0. The van der Waals surface area contributed by atoms with Crippen LogP contribution in [0, 0.1) is 12.3 Å². The van der Waals surface area contributed by atoms with Gasteiger partial charge in [0.2, 0.25) is 0 Å². The molecule has 1 nitrogen and oxygen atoms in total. The second-order valence-corrected chi connectivity index (χ2v) is 4.61. The van der Waals surface area contributed by atoms with E-state index in [4.69, 9.17) is 0 Å². The molecule has 1 rings (SSSR count). The first-order chi connectivity index (χ1) is 5.55. The van der Waals surface area contributed by atoms with E-state index in [-0.39, 0.29) is 5.41 Å². The van der Waals surface area contributed by atoms with Crippen molar-refractivity contribution in [3.05, 3.63) is 21.9 Å². The Hall–Kier alpha value is -0.630. The van der Waals surface area contributed by atoms with Crippen LogP contribution in [-0.4, -0.2) is 6.29 Å². The third-order valence-corrected chi connectivity index (χ3v) is 2.84. The second kappa shape index (κ2) is 3.40. The minimum absolute atomic E-state index is 0.216. The fraction of sp³-hybridized carbons (Fsp3) is 0.500. The maximum Gasteiger partial charge on any atom is 0.125 e. The molecule has 66 valence electrons. The monoisotopic (exact) mass is 182 g/mol. The van der Waals surface area contributed by atoms with Crippen LogP contribution in [0.15, 0.2) is 10.8 Å². The largest absolute Gasteiger partial charge is 0.303 e. The normalized spacial score (nSPS) is 11.6. The van der Waals surface area contributed by atoms with Gasteiger partial charge in [-0.2, -0.15) is 11.3 Å². The predicted molar refractivity (Wildman–Crippen MR) is 52.6 cm³/mol. The van der Waals surface area contributed by atoms with Gasteiger partial charge in [0.05, 0.1) is 0 Å². The Morgan fingerprint density at radius 2 is 2.17 bits per heavy atom. The van der Waals surface area contributed by atoms with E-state index in [1.165, 1.54) is 11.1 Å². The molecule has 0 aliphatic carbocycles. The number of aryl methyl sites for hydroxylation is 1. The van der Waals surface area contributed by atoms with E-state index < -0.39 is 0 Å². The molecule has 1 aromatic heterocycles. The molecule has 1 aromatic rings. The average Bonchev–Trinajstić information content (AvgIpc) is 2.36. The molecule has 1 heterocycles. The van der Waals surface area contributed by atoms with Gasteiger partial charge in [-0.1, -0.05) is 13.8 Å². The predicted octanol–water partition coefficient (Wildman–Crippen LogP) is 2.82. The molecular weight excluding hydrogens is 168 g/mol. The van der Waals surface area contributed by atoms with Crippen LogP contribution in [0.4, 0.5) is 0 Å². The Morgan fingerprint density at radius 3 is 2.58 bits per heavy atom. The van der Waals surface area contributed by atoms with Crippen molar-refractivity contribution in [2.75, 3.05) is 0 Å². The first-order valence-electron chi connectivity index (χ1n) is 4.03. The summed E-state index contributed by atoms with van der Waals surface area (Å²) < 4.78 is 0. The lowest BCUT2D eigenvalue weighted by atomic mass is 9.87. The smallest absolute Gasteiger partial charge is 0.125 e. The van der Waals surface area contributed by atoms with Gasteiger partial charge in [0.25, 0.3) is 0 Å². The number of thiophene rings is 1. The molecule has 0 aliphatic heterocycles. The molecule has 0 radical (unpaired) electrons. The van der Waals surface area contributed by atoms with Gasteiger partial charge in [-0.05, 0) is 35.2 Å². The Kier molecular flexibility index (Phi) is 2.68. The third-order valence-electron chi connectivity index (χ3n) is 1.93. The standard InChI is InChI=1S/C10H14OS/c1-8-5-12-6-9(8)4-10(2,3)7-11/h5-7H,4H2,1-3H3. The van der Waals surface area contributed by atoms with Crippen LogP contribution in [0.2, 0.25) is 0 Å². The molecule has 0 saturated carbocycles. The molecule has 0 aliphatic rings. The molecule has 12 heavy (non-hydrogen) atoms. The Morgan fingerprint density at radius 1 is 1.50 bits per heavy atom. The molecule has 0 unspecified atom stereocenters. The molecular formula is C10H14OS. The molecule has 0 spiro atoms. The van der Waals surface area contributed by atoms with Crippen LogP contribution in [0.5, 0.6) is 0 Å². The van der Waals surface area contributed by atoms with E-state index in [0.717, 1.165) is 12.7 Å². The van der Waals surface area contributed by atoms with E-state index in [9.17, 15) is 4.79 Å². The van der Waals surface area contributed by atoms with E-state index in [0.29, 0.717) is 0 Å². The molecule has 0 saturated heterocycles. The van der Waals surface area contributed by atoms with Crippen LogP contribution in [0.1, 0.15) is 25.0 Å². The van der Waals surface area contributed by atoms with Gasteiger partial charge in [-0.15, -0.1) is 0 Å². The lowest BCUT2D eigenvalue weighted by molar-refractivity contribution is -0.114. The van der Waals surface area contributed by atoms with Crippen molar-refractivity contribution in [1.82, 2.24) is 0 Å². The highest BCUT2D eigenvalue weighted by Crippen LogP contribution is 2.23. The summed E-state index contributed by atoms with van der Waals surface area (Å²) in [4.78, 5) is 10.7. The maximum absolute atomic E-state index is 10.7. The van der Waals surface area contributed by atoms with Crippen molar-refractivity contribution in [2.45, 2.75) is 27.2 Å². The lowest BCUT2D eigenvalue weighted by Crippen LogP contribution is -2.16. The molecule has 2 heteroatoms.